The lowest BCUT2D eigenvalue weighted by Crippen LogP contribution is -2.51. The van der Waals surface area contributed by atoms with E-state index in [0.717, 1.165) is 34.7 Å². The Hall–Kier alpha value is -1.70. The molecule has 1 atom stereocenters. The van der Waals surface area contributed by atoms with Crippen LogP contribution < -0.4 is 0 Å². The van der Waals surface area contributed by atoms with E-state index in [-0.39, 0.29) is 12.5 Å². The van der Waals surface area contributed by atoms with Gasteiger partial charge in [0.15, 0.2) is 0 Å². The van der Waals surface area contributed by atoms with Crippen LogP contribution in [0.4, 0.5) is 0 Å². The third-order valence-corrected chi connectivity index (χ3v) is 8.35. The molecule has 2 aromatic rings. The highest BCUT2D eigenvalue weighted by molar-refractivity contribution is 7.87. The molecule has 1 aromatic heterocycles. The third kappa shape index (κ3) is 3.56. The van der Waals surface area contributed by atoms with E-state index in [1.807, 2.05) is 35.7 Å². The van der Waals surface area contributed by atoms with Crippen LogP contribution in [0.25, 0.3) is 0 Å². The third-order valence-electron chi connectivity index (χ3n) is 5.43. The van der Waals surface area contributed by atoms with Crippen molar-refractivity contribution in [3.8, 4) is 0 Å². The lowest BCUT2D eigenvalue weighted by molar-refractivity contribution is 0.0835. The summed E-state index contributed by atoms with van der Waals surface area (Å²) in [6.45, 7) is 3.22. The van der Waals surface area contributed by atoms with Crippen molar-refractivity contribution in [2.24, 2.45) is 5.92 Å². The van der Waals surface area contributed by atoms with Gasteiger partial charge in [0, 0.05) is 29.9 Å². The van der Waals surface area contributed by atoms with Gasteiger partial charge in [-0.2, -0.15) is 12.7 Å². The van der Waals surface area contributed by atoms with E-state index in [0.29, 0.717) is 31.0 Å². The van der Waals surface area contributed by atoms with E-state index in [1.165, 1.54) is 9.18 Å². The van der Waals surface area contributed by atoms with E-state index in [4.69, 9.17) is 0 Å². The molecule has 1 aromatic carbocycles. The highest BCUT2D eigenvalue weighted by atomic mass is 32.2. The summed E-state index contributed by atoms with van der Waals surface area (Å²) in [5.41, 5.74) is 2.59. The fourth-order valence-corrected chi connectivity index (χ4v) is 6.76. The topological polar surface area (TPSA) is 57.7 Å². The van der Waals surface area contributed by atoms with Gasteiger partial charge in [-0.25, -0.2) is 4.31 Å². The Labute approximate surface area is 164 Å². The zero-order chi connectivity index (χ0) is 19.0. The monoisotopic (exact) mass is 404 g/mol. The molecule has 5 nitrogen and oxygen atoms in total. The number of carbonyl (C=O) groups is 1. The number of fused-ring (bicyclic) bond motifs is 1. The Morgan fingerprint density at radius 3 is 2.78 bits per heavy atom. The van der Waals surface area contributed by atoms with Crippen molar-refractivity contribution < 1.29 is 13.2 Å². The summed E-state index contributed by atoms with van der Waals surface area (Å²) in [5, 5.41) is 1.86. The van der Waals surface area contributed by atoms with Crippen LogP contribution in [0.3, 0.4) is 0 Å². The molecule has 1 aliphatic heterocycles. The number of hydrogen-bond acceptors (Lipinski definition) is 4. The first-order valence-electron chi connectivity index (χ1n) is 9.42. The summed E-state index contributed by atoms with van der Waals surface area (Å²) >= 11 is 1.60. The summed E-state index contributed by atoms with van der Waals surface area (Å²) in [6, 6.07) is 9.52. The molecule has 144 valence electrons. The van der Waals surface area contributed by atoms with Crippen LogP contribution in [0.5, 0.6) is 0 Å². The summed E-state index contributed by atoms with van der Waals surface area (Å²) in [7, 11) is -3.80. The Kier molecular flexibility index (Phi) is 5.09. The van der Waals surface area contributed by atoms with E-state index >= 15 is 0 Å². The van der Waals surface area contributed by atoms with Crippen molar-refractivity contribution in [3.05, 3.63) is 57.3 Å². The average molecular weight is 405 g/mol. The summed E-state index contributed by atoms with van der Waals surface area (Å²) < 4.78 is 28.7. The quantitative estimate of drug-likeness (QED) is 0.787. The first-order valence-corrected chi connectivity index (χ1v) is 11.7. The molecule has 1 unspecified atom stereocenters. The van der Waals surface area contributed by atoms with Gasteiger partial charge in [-0.1, -0.05) is 37.3 Å². The molecule has 1 aliphatic carbocycles. The van der Waals surface area contributed by atoms with Gasteiger partial charge in [0.25, 0.3) is 5.91 Å². The molecule has 1 saturated heterocycles. The van der Waals surface area contributed by atoms with Crippen LogP contribution in [0.15, 0.2) is 35.7 Å². The summed E-state index contributed by atoms with van der Waals surface area (Å²) in [6.07, 6.45) is 3.56. The molecular formula is C20H24N2O3S2. The maximum Gasteiger partial charge on any atom is 0.306 e. The lowest BCUT2D eigenvalue weighted by atomic mass is 9.88. The average Bonchev–Trinajstić information content (AvgIpc) is 3.06. The summed E-state index contributed by atoms with van der Waals surface area (Å²) in [4.78, 5) is 14.4. The van der Waals surface area contributed by atoms with Gasteiger partial charge < -0.3 is 0 Å². The zero-order valence-corrected chi connectivity index (χ0v) is 17.1. The van der Waals surface area contributed by atoms with Crippen LogP contribution in [0, 0.1) is 5.92 Å². The highest BCUT2D eigenvalue weighted by Crippen LogP contribution is 2.34. The lowest BCUT2D eigenvalue weighted by Gasteiger charge is -2.34. The Morgan fingerprint density at radius 1 is 1.22 bits per heavy atom. The van der Waals surface area contributed by atoms with Gasteiger partial charge >= 0.3 is 10.2 Å². The van der Waals surface area contributed by atoms with Gasteiger partial charge in [0.2, 0.25) is 0 Å². The number of benzene rings is 1. The minimum absolute atomic E-state index is 0.257. The number of hydrogen-bond donors (Lipinski definition) is 0. The predicted octanol–water partition coefficient (Wildman–Crippen LogP) is 3.47. The Morgan fingerprint density at radius 2 is 2.00 bits per heavy atom. The molecule has 4 rings (SSSR count). The van der Waals surface area contributed by atoms with Gasteiger partial charge in [0.05, 0.1) is 5.56 Å². The van der Waals surface area contributed by atoms with Gasteiger partial charge in [0.1, 0.15) is 0 Å². The Balaban J connectivity index is 1.59. The fourth-order valence-electron chi connectivity index (χ4n) is 3.91. The van der Waals surface area contributed by atoms with Crippen molar-refractivity contribution in [1.82, 2.24) is 8.61 Å². The molecule has 0 spiro atoms. The standard InChI is InChI=1S/C20H24N2O3S2/c1-15-8-9-17-18(14-26-19(17)12-15)20(23)22-11-5-10-21(27(22,24)25)13-16-6-3-2-4-7-16/h2-4,6-7,14-15H,5,8-13H2,1H3. The van der Waals surface area contributed by atoms with Crippen LogP contribution >= 0.6 is 11.3 Å². The van der Waals surface area contributed by atoms with E-state index in [2.05, 4.69) is 6.92 Å². The smallest absolute Gasteiger partial charge is 0.268 e. The Bertz CT molecular complexity index is 937. The number of amides is 1. The molecule has 0 saturated carbocycles. The SMILES string of the molecule is CC1CCc2c(C(=O)N3CCCN(Cc4ccccc4)S3(=O)=O)csc2C1. The molecule has 1 amide bonds. The molecule has 0 bridgehead atoms. The molecule has 2 heterocycles. The predicted molar refractivity (Wildman–Crippen MR) is 107 cm³/mol. The maximum atomic E-state index is 13.2. The molecule has 2 aliphatic rings. The highest BCUT2D eigenvalue weighted by Gasteiger charge is 2.38. The van der Waals surface area contributed by atoms with Crippen molar-refractivity contribution in [3.63, 3.8) is 0 Å². The molecular weight excluding hydrogens is 380 g/mol. The van der Waals surface area contributed by atoms with Crippen molar-refractivity contribution in [2.75, 3.05) is 13.1 Å². The largest absolute Gasteiger partial charge is 0.306 e. The molecule has 7 heteroatoms. The normalized spacial score (nSPS) is 22.4. The summed E-state index contributed by atoms with van der Waals surface area (Å²) in [5.74, 6) is 0.263. The van der Waals surface area contributed by atoms with Gasteiger partial charge in [-0.15, -0.1) is 11.3 Å². The second-order valence-corrected chi connectivity index (χ2v) is 10.3. The van der Waals surface area contributed by atoms with Crippen LogP contribution in [0.2, 0.25) is 0 Å². The fraction of sp³-hybridized carbons (Fsp3) is 0.450. The van der Waals surface area contributed by atoms with Crippen molar-refractivity contribution in [2.45, 2.75) is 39.2 Å². The first-order chi connectivity index (χ1) is 13.0. The van der Waals surface area contributed by atoms with Gasteiger partial charge in [-0.05, 0) is 42.7 Å². The molecule has 1 fully saturated rings. The molecule has 27 heavy (non-hydrogen) atoms. The molecule has 0 radical (unpaired) electrons. The van der Waals surface area contributed by atoms with Crippen molar-refractivity contribution in [1.29, 1.82) is 0 Å². The van der Waals surface area contributed by atoms with Crippen LogP contribution in [0.1, 0.15) is 46.1 Å². The second-order valence-electron chi connectivity index (χ2n) is 7.46. The minimum atomic E-state index is -3.80. The number of carbonyl (C=O) groups excluding carboxylic acids is 1. The second kappa shape index (κ2) is 7.37. The van der Waals surface area contributed by atoms with E-state index < -0.39 is 10.2 Å². The zero-order valence-electron chi connectivity index (χ0n) is 15.4. The van der Waals surface area contributed by atoms with Crippen molar-refractivity contribution >= 4 is 27.5 Å². The number of nitrogens with zero attached hydrogens (tertiary/aromatic N) is 2. The van der Waals surface area contributed by atoms with E-state index in [9.17, 15) is 13.2 Å². The molecule has 0 N–H and O–H groups in total. The first kappa shape index (κ1) is 18.7. The van der Waals surface area contributed by atoms with E-state index in [1.54, 1.807) is 11.3 Å². The van der Waals surface area contributed by atoms with Crippen LogP contribution in [-0.2, 0) is 29.6 Å². The maximum absolute atomic E-state index is 13.2. The minimum Gasteiger partial charge on any atom is -0.268 e. The van der Waals surface area contributed by atoms with Gasteiger partial charge in [-0.3, -0.25) is 4.79 Å². The van der Waals surface area contributed by atoms with Crippen LogP contribution in [-0.4, -0.2) is 36.0 Å². The number of rotatable bonds is 3. The number of thiophene rings is 1.